The molecular formula is C16H17ClN4O2. The van der Waals surface area contributed by atoms with E-state index in [-0.39, 0.29) is 6.04 Å². The molecule has 1 unspecified atom stereocenters. The molecule has 1 fully saturated rings. The van der Waals surface area contributed by atoms with Gasteiger partial charge in [-0.2, -0.15) is 4.98 Å². The molecule has 3 heterocycles. The highest BCUT2D eigenvalue weighted by Crippen LogP contribution is 2.32. The molecule has 120 valence electrons. The molecule has 0 aliphatic carbocycles. The largest absolute Gasteiger partial charge is 0.488 e. The Morgan fingerprint density at radius 3 is 3.17 bits per heavy atom. The molecule has 0 radical (unpaired) electrons. The number of halogens is 1. The third kappa shape index (κ3) is 2.85. The summed E-state index contributed by atoms with van der Waals surface area (Å²) in [6.45, 7) is 3.18. The SMILES string of the molecule is CN1CCNCC1c1noc(C2=Cc3cc(Cl)ccc3OC2)n1. The molecule has 4 rings (SSSR count). The fraction of sp³-hybridized carbons (Fsp3) is 0.375. The van der Waals surface area contributed by atoms with Crippen molar-refractivity contribution in [3.63, 3.8) is 0 Å². The number of rotatable bonds is 2. The Bertz CT molecular complexity index is 758. The highest BCUT2D eigenvalue weighted by atomic mass is 35.5. The first-order chi connectivity index (χ1) is 11.2. The average Bonchev–Trinajstić information content (AvgIpc) is 3.04. The van der Waals surface area contributed by atoms with E-state index in [9.17, 15) is 0 Å². The van der Waals surface area contributed by atoms with Crippen LogP contribution in [-0.4, -0.2) is 48.3 Å². The summed E-state index contributed by atoms with van der Waals surface area (Å²) in [4.78, 5) is 6.79. The number of fused-ring (bicyclic) bond motifs is 1. The van der Waals surface area contributed by atoms with Gasteiger partial charge in [0.05, 0.1) is 11.6 Å². The van der Waals surface area contributed by atoms with E-state index in [0.717, 1.165) is 36.5 Å². The van der Waals surface area contributed by atoms with Crippen molar-refractivity contribution in [2.45, 2.75) is 6.04 Å². The van der Waals surface area contributed by atoms with Crippen molar-refractivity contribution in [2.24, 2.45) is 0 Å². The molecule has 1 N–H and O–H groups in total. The Hall–Kier alpha value is -1.89. The molecular weight excluding hydrogens is 316 g/mol. The number of nitrogens with zero attached hydrogens (tertiary/aromatic N) is 3. The van der Waals surface area contributed by atoms with Gasteiger partial charge in [0.2, 0.25) is 0 Å². The number of likely N-dealkylation sites (N-methyl/N-ethyl adjacent to an activating group) is 1. The van der Waals surface area contributed by atoms with Crippen molar-refractivity contribution in [1.82, 2.24) is 20.4 Å². The van der Waals surface area contributed by atoms with E-state index in [1.807, 2.05) is 24.3 Å². The summed E-state index contributed by atoms with van der Waals surface area (Å²) in [5.41, 5.74) is 1.79. The van der Waals surface area contributed by atoms with E-state index < -0.39 is 0 Å². The third-order valence-electron chi connectivity index (χ3n) is 4.21. The van der Waals surface area contributed by atoms with Crippen LogP contribution >= 0.6 is 11.6 Å². The minimum absolute atomic E-state index is 0.132. The molecule has 7 heteroatoms. The van der Waals surface area contributed by atoms with Crippen LogP contribution in [0.3, 0.4) is 0 Å². The number of hydrogen-bond acceptors (Lipinski definition) is 6. The summed E-state index contributed by atoms with van der Waals surface area (Å²) in [7, 11) is 2.07. The van der Waals surface area contributed by atoms with E-state index >= 15 is 0 Å². The van der Waals surface area contributed by atoms with Crippen molar-refractivity contribution in [1.29, 1.82) is 0 Å². The minimum Gasteiger partial charge on any atom is -0.488 e. The van der Waals surface area contributed by atoms with Crippen LogP contribution in [0, 0.1) is 0 Å². The Labute approximate surface area is 139 Å². The molecule has 1 aromatic heterocycles. The van der Waals surface area contributed by atoms with Crippen LogP contribution in [0.5, 0.6) is 5.75 Å². The van der Waals surface area contributed by atoms with Crippen LogP contribution in [0.25, 0.3) is 11.6 Å². The number of piperazine rings is 1. The van der Waals surface area contributed by atoms with E-state index in [1.165, 1.54) is 0 Å². The molecule has 0 spiro atoms. The molecule has 6 nitrogen and oxygen atoms in total. The van der Waals surface area contributed by atoms with Crippen LogP contribution in [0.1, 0.15) is 23.3 Å². The fourth-order valence-electron chi connectivity index (χ4n) is 2.87. The first-order valence-electron chi connectivity index (χ1n) is 7.58. The Morgan fingerprint density at radius 1 is 1.39 bits per heavy atom. The number of hydrogen-bond donors (Lipinski definition) is 1. The van der Waals surface area contributed by atoms with Gasteiger partial charge in [-0.15, -0.1) is 0 Å². The van der Waals surface area contributed by atoms with Crippen molar-refractivity contribution in [2.75, 3.05) is 33.3 Å². The van der Waals surface area contributed by atoms with Crippen molar-refractivity contribution < 1.29 is 9.26 Å². The van der Waals surface area contributed by atoms with Gasteiger partial charge in [0.25, 0.3) is 5.89 Å². The summed E-state index contributed by atoms with van der Waals surface area (Å²) in [6.07, 6.45) is 1.99. The molecule has 23 heavy (non-hydrogen) atoms. The summed E-state index contributed by atoms with van der Waals surface area (Å²) >= 11 is 6.04. The van der Waals surface area contributed by atoms with Crippen LogP contribution in [0.4, 0.5) is 0 Å². The predicted octanol–water partition coefficient (Wildman–Crippen LogP) is 2.23. The molecule has 2 aliphatic rings. The van der Waals surface area contributed by atoms with Crippen LogP contribution < -0.4 is 10.1 Å². The first-order valence-corrected chi connectivity index (χ1v) is 7.96. The van der Waals surface area contributed by atoms with E-state index in [0.29, 0.717) is 23.3 Å². The minimum atomic E-state index is 0.132. The van der Waals surface area contributed by atoms with Gasteiger partial charge < -0.3 is 14.6 Å². The fourth-order valence-corrected chi connectivity index (χ4v) is 3.05. The van der Waals surface area contributed by atoms with Gasteiger partial charge in [0.1, 0.15) is 12.4 Å². The van der Waals surface area contributed by atoms with Crippen molar-refractivity contribution in [3.8, 4) is 5.75 Å². The maximum absolute atomic E-state index is 6.04. The normalized spacial score (nSPS) is 21.5. The first kappa shape index (κ1) is 14.7. The van der Waals surface area contributed by atoms with Crippen LogP contribution in [-0.2, 0) is 0 Å². The number of benzene rings is 1. The van der Waals surface area contributed by atoms with Crippen molar-refractivity contribution >= 4 is 23.3 Å². The highest BCUT2D eigenvalue weighted by molar-refractivity contribution is 6.30. The molecule has 1 atom stereocenters. The number of aromatic nitrogens is 2. The highest BCUT2D eigenvalue weighted by Gasteiger charge is 2.26. The van der Waals surface area contributed by atoms with Gasteiger partial charge in [-0.3, -0.25) is 4.90 Å². The lowest BCUT2D eigenvalue weighted by molar-refractivity contribution is 0.190. The molecule has 2 aromatic rings. The lowest BCUT2D eigenvalue weighted by Crippen LogP contribution is -2.44. The Morgan fingerprint density at radius 2 is 2.30 bits per heavy atom. The maximum Gasteiger partial charge on any atom is 0.257 e. The van der Waals surface area contributed by atoms with Gasteiger partial charge in [-0.05, 0) is 31.3 Å². The molecule has 0 amide bonds. The lowest BCUT2D eigenvalue weighted by atomic mass is 10.1. The second-order valence-corrected chi connectivity index (χ2v) is 6.24. The Kier molecular flexibility index (Phi) is 3.80. The average molecular weight is 333 g/mol. The standard InChI is InChI=1S/C16H17ClN4O2/c1-21-5-4-18-8-13(21)15-19-16(23-20-15)11-6-10-7-12(17)2-3-14(10)22-9-11/h2-3,6-7,13,18H,4-5,8-9H2,1H3. The van der Waals surface area contributed by atoms with Crippen LogP contribution in [0.15, 0.2) is 22.7 Å². The molecule has 1 aromatic carbocycles. The van der Waals surface area contributed by atoms with Gasteiger partial charge in [-0.25, -0.2) is 0 Å². The third-order valence-corrected chi connectivity index (χ3v) is 4.45. The van der Waals surface area contributed by atoms with E-state index in [1.54, 1.807) is 0 Å². The predicted molar refractivity (Wildman–Crippen MR) is 87.4 cm³/mol. The summed E-state index contributed by atoms with van der Waals surface area (Å²) in [5, 5.41) is 8.18. The summed E-state index contributed by atoms with van der Waals surface area (Å²) < 4.78 is 11.2. The quantitative estimate of drug-likeness (QED) is 0.910. The zero-order valence-electron chi connectivity index (χ0n) is 12.8. The van der Waals surface area contributed by atoms with Gasteiger partial charge in [-0.1, -0.05) is 16.8 Å². The van der Waals surface area contributed by atoms with Gasteiger partial charge in [0.15, 0.2) is 5.82 Å². The molecule has 1 saturated heterocycles. The van der Waals surface area contributed by atoms with E-state index in [4.69, 9.17) is 20.9 Å². The second kappa shape index (κ2) is 5.96. The van der Waals surface area contributed by atoms with Crippen molar-refractivity contribution in [3.05, 3.63) is 40.5 Å². The summed E-state index contributed by atoms with van der Waals surface area (Å²) in [6, 6.07) is 5.68. The maximum atomic E-state index is 6.04. The van der Waals surface area contributed by atoms with E-state index in [2.05, 4.69) is 27.4 Å². The Balaban J connectivity index is 1.62. The molecule has 0 bridgehead atoms. The topological polar surface area (TPSA) is 63.4 Å². The molecule has 0 saturated carbocycles. The number of ether oxygens (including phenoxy) is 1. The number of nitrogens with one attached hydrogen (secondary N) is 1. The smallest absolute Gasteiger partial charge is 0.257 e. The monoisotopic (exact) mass is 332 g/mol. The van der Waals surface area contributed by atoms with Gasteiger partial charge >= 0.3 is 0 Å². The van der Waals surface area contributed by atoms with Crippen LogP contribution in [0.2, 0.25) is 5.02 Å². The zero-order chi connectivity index (χ0) is 15.8. The second-order valence-electron chi connectivity index (χ2n) is 5.80. The lowest BCUT2D eigenvalue weighted by Gasteiger charge is -2.30. The molecule has 2 aliphatic heterocycles. The zero-order valence-corrected chi connectivity index (χ0v) is 13.5. The van der Waals surface area contributed by atoms with Gasteiger partial charge in [0, 0.05) is 30.2 Å². The summed E-state index contributed by atoms with van der Waals surface area (Å²) in [5.74, 6) is 2.02.